The van der Waals surface area contributed by atoms with Crippen molar-refractivity contribution in [3.05, 3.63) is 76.4 Å². The Kier molecular flexibility index (Phi) is 6.27. The van der Waals surface area contributed by atoms with Crippen LogP contribution in [0.5, 0.6) is 0 Å². The van der Waals surface area contributed by atoms with Crippen molar-refractivity contribution in [3.8, 4) is 5.69 Å². The Morgan fingerprint density at radius 3 is 2.40 bits per heavy atom. The maximum absolute atomic E-state index is 12.6. The summed E-state index contributed by atoms with van der Waals surface area (Å²) in [5, 5.41) is 10.5. The van der Waals surface area contributed by atoms with Gasteiger partial charge in [-0.3, -0.25) is 9.59 Å². The van der Waals surface area contributed by atoms with Crippen LogP contribution in [0.1, 0.15) is 42.4 Å². The average Bonchev–Trinajstić information content (AvgIpc) is 3.11. The Balaban J connectivity index is 1.79. The van der Waals surface area contributed by atoms with Crippen molar-refractivity contribution in [2.24, 2.45) is 0 Å². The zero-order valence-corrected chi connectivity index (χ0v) is 18.2. The molecule has 0 fully saturated rings. The van der Waals surface area contributed by atoms with Crippen molar-refractivity contribution in [1.29, 1.82) is 0 Å². The van der Waals surface area contributed by atoms with Gasteiger partial charge in [-0.05, 0) is 30.7 Å². The molecular formula is C23H25ClN4O2. The number of carbonyl (C=O) groups is 2. The van der Waals surface area contributed by atoms with Crippen LogP contribution in [0, 0.1) is 6.92 Å². The van der Waals surface area contributed by atoms with Gasteiger partial charge < -0.3 is 10.6 Å². The monoisotopic (exact) mass is 424 g/mol. The van der Waals surface area contributed by atoms with Crippen molar-refractivity contribution in [3.63, 3.8) is 0 Å². The fourth-order valence-corrected chi connectivity index (χ4v) is 3.13. The van der Waals surface area contributed by atoms with Crippen molar-refractivity contribution in [2.45, 2.75) is 33.1 Å². The average molecular weight is 425 g/mol. The number of hydrogen-bond acceptors (Lipinski definition) is 3. The first-order valence-corrected chi connectivity index (χ1v) is 10.0. The molecule has 0 aliphatic rings. The van der Waals surface area contributed by atoms with E-state index in [4.69, 9.17) is 16.7 Å². The molecule has 0 aliphatic carbocycles. The Bertz CT molecular complexity index is 1080. The third-order valence-corrected chi connectivity index (χ3v) is 4.95. The predicted molar refractivity (Wildman–Crippen MR) is 119 cm³/mol. The molecule has 0 atom stereocenters. The van der Waals surface area contributed by atoms with E-state index < -0.39 is 5.91 Å². The number of hydrogen-bond donors (Lipinski definition) is 2. The van der Waals surface area contributed by atoms with Crippen LogP contribution in [0.3, 0.4) is 0 Å². The van der Waals surface area contributed by atoms with Crippen LogP contribution in [0.2, 0.25) is 5.02 Å². The van der Waals surface area contributed by atoms with Gasteiger partial charge in [0, 0.05) is 11.5 Å². The highest BCUT2D eigenvalue weighted by Crippen LogP contribution is 2.27. The van der Waals surface area contributed by atoms with E-state index in [0.29, 0.717) is 16.4 Å². The number of anilines is 1. The van der Waals surface area contributed by atoms with E-state index in [1.807, 2.05) is 37.3 Å². The van der Waals surface area contributed by atoms with Gasteiger partial charge in [0.2, 0.25) is 5.91 Å². The van der Waals surface area contributed by atoms with Gasteiger partial charge in [-0.2, -0.15) is 5.10 Å². The summed E-state index contributed by atoms with van der Waals surface area (Å²) in [6, 6.07) is 16.4. The number of benzene rings is 2. The van der Waals surface area contributed by atoms with Crippen LogP contribution in [0.15, 0.2) is 54.6 Å². The van der Waals surface area contributed by atoms with Crippen LogP contribution in [0.4, 0.5) is 5.82 Å². The molecule has 7 heteroatoms. The number of para-hydroxylation sites is 1. The third kappa shape index (κ3) is 4.89. The number of halogens is 1. The normalized spacial score (nSPS) is 11.2. The summed E-state index contributed by atoms with van der Waals surface area (Å²) in [4.78, 5) is 24.9. The first kappa shape index (κ1) is 21.6. The van der Waals surface area contributed by atoms with E-state index in [9.17, 15) is 9.59 Å². The molecule has 2 amide bonds. The minimum Gasteiger partial charge on any atom is -0.343 e. The fourth-order valence-electron chi connectivity index (χ4n) is 2.91. The molecule has 0 spiro atoms. The highest BCUT2D eigenvalue weighted by molar-refractivity contribution is 6.33. The van der Waals surface area contributed by atoms with Gasteiger partial charge in [0.25, 0.3) is 5.91 Å². The molecule has 30 heavy (non-hydrogen) atoms. The van der Waals surface area contributed by atoms with E-state index in [2.05, 4.69) is 31.4 Å². The minimum absolute atomic E-state index is 0.187. The molecule has 1 heterocycles. The second-order valence-electron chi connectivity index (χ2n) is 8.07. The molecule has 0 aliphatic heterocycles. The second-order valence-corrected chi connectivity index (χ2v) is 8.48. The van der Waals surface area contributed by atoms with Gasteiger partial charge in [-0.25, -0.2) is 4.68 Å². The molecule has 0 saturated carbocycles. The van der Waals surface area contributed by atoms with Gasteiger partial charge in [-0.15, -0.1) is 0 Å². The van der Waals surface area contributed by atoms with Crippen molar-refractivity contribution >= 4 is 29.2 Å². The Morgan fingerprint density at radius 1 is 1.07 bits per heavy atom. The molecule has 6 nitrogen and oxygen atoms in total. The van der Waals surface area contributed by atoms with Crippen molar-refractivity contribution < 1.29 is 9.59 Å². The van der Waals surface area contributed by atoms with Gasteiger partial charge in [-0.1, -0.05) is 62.7 Å². The quantitative estimate of drug-likeness (QED) is 0.633. The van der Waals surface area contributed by atoms with Crippen LogP contribution >= 0.6 is 11.6 Å². The lowest BCUT2D eigenvalue weighted by Gasteiger charge is -2.14. The smallest absolute Gasteiger partial charge is 0.253 e. The van der Waals surface area contributed by atoms with Crippen LogP contribution in [0.25, 0.3) is 5.69 Å². The van der Waals surface area contributed by atoms with E-state index in [1.165, 1.54) is 0 Å². The first-order valence-electron chi connectivity index (χ1n) is 9.66. The maximum atomic E-state index is 12.6. The maximum Gasteiger partial charge on any atom is 0.253 e. The summed E-state index contributed by atoms with van der Waals surface area (Å²) in [6.45, 7) is 7.99. The molecule has 3 rings (SSSR count). The highest BCUT2D eigenvalue weighted by atomic mass is 35.5. The van der Waals surface area contributed by atoms with E-state index in [1.54, 1.807) is 28.9 Å². The molecule has 0 saturated heterocycles. The van der Waals surface area contributed by atoms with Gasteiger partial charge >= 0.3 is 0 Å². The lowest BCUT2D eigenvalue weighted by Crippen LogP contribution is -2.33. The topological polar surface area (TPSA) is 76.0 Å². The predicted octanol–water partition coefficient (Wildman–Crippen LogP) is 4.50. The summed E-state index contributed by atoms with van der Waals surface area (Å²) in [5.74, 6) is -0.213. The Hall–Kier alpha value is -3.12. The molecule has 0 bridgehead atoms. The first-order chi connectivity index (χ1) is 14.2. The number of rotatable bonds is 5. The lowest BCUT2D eigenvalue weighted by atomic mass is 9.92. The molecule has 0 radical (unpaired) electrons. The molecule has 3 aromatic rings. The number of carbonyl (C=O) groups excluding carboxylic acids is 2. The molecule has 0 unspecified atom stereocenters. The lowest BCUT2D eigenvalue weighted by molar-refractivity contribution is -0.115. The molecule has 2 aromatic carbocycles. The Labute approximate surface area is 181 Å². The SMILES string of the molecule is Cc1ccccc1-n1nc(C(C)(C)C)cc1NC(=O)CNC(=O)c1ccccc1Cl. The zero-order valence-electron chi connectivity index (χ0n) is 17.5. The van der Waals surface area contributed by atoms with Crippen LogP contribution < -0.4 is 10.6 Å². The third-order valence-electron chi connectivity index (χ3n) is 4.62. The summed E-state index contributed by atoms with van der Waals surface area (Å²) in [7, 11) is 0. The van der Waals surface area contributed by atoms with Gasteiger partial charge in [0.05, 0.1) is 28.5 Å². The second kappa shape index (κ2) is 8.71. The van der Waals surface area contributed by atoms with Crippen molar-refractivity contribution in [1.82, 2.24) is 15.1 Å². The van der Waals surface area contributed by atoms with Crippen LogP contribution in [-0.4, -0.2) is 28.1 Å². The molecule has 1 aromatic heterocycles. The number of nitrogens with one attached hydrogen (secondary N) is 2. The summed E-state index contributed by atoms with van der Waals surface area (Å²) < 4.78 is 1.73. The van der Waals surface area contributed by atoms with E-state index >= 15 is 0 Å². The minimum atomic E-state index is -0.404. The van der Waals surface area contributed by atoms with E-state index in [-0.39, 0.29) is 17.9 Å². The summed E-state index contributed by atoms with van der Waals surface area (Å²) in [5.41, 5.74) is 2.89. The van der Waals surface area contributed by atoms with Crippen molar-refractivity contribution in [2.75, 3.05) is 11.9 Å². The number of amides is 2. The van der Waals surface area contributed by atoms with Crippen LogP contribution in [-0.2, 0) is 10.2 Å². The fraction of sp³-hybridized carbons (Fsp3) is 0.261. The molecule has 2 N–H and O–H groups in total. The molecular weight excluding hydrogens is 400 g/mol. The zero-order chi connectivity index (χ0) is 21.9. The largest absolute Gasteiger partial charge is 0.343 e. The number of nitrogens with zero attached hydrogens (tertiary/aromatic N) is 2. The van der Waals surface area contributed by atoms with E-state index in [0.717, 1.165) is 16.9 Å². The highest BCUT2D eigenvalue weighted by Gasteiger charge is 2.22. The van der Waals surface area contributed by atoms with Gasteiger partial charge in [0.15, 0.2) is 0 Å². The number of aryl methyl sites for hydroxylation is 1. The Morgan fingerprint density at radius 2 is 1.73 bits per heavy atom. The summed E-state index contributed by atoms with van der Waals surface area (Å²) in [6.07, 6.45) is 0. The molecule has 156 valence electrons. The number of aromatic nitrogens is 2. The van der Waals surface area contributed by atoms with Gasteiger partial charge in [0.1, 0.15) is 5.82 Å². The standard InChI is InChI=1S/C23H25ClN4O2/c1-15-9-5-8-12-18(15)28-20(13-19(27-28)23(2,3)4)26-21(29)14-25-22(30)16-10-6-7-11-17(16)24/h5-13H,14H2,1-4H3,(H,25,30)(H,26,29). The summed E-state index contributed by atoms with van der Waals surface area (Å²) >= 11 is 6.04.